The fraction of sp³-hybridized carbons (Fsp3) is 0.231. The molecule has 178 valence electrons. The van der Waals surface area contributed by atoms with Crippen molar-refractivity contribution in [3.63, 3.8) is 0 Å². The van der Waals surface area contributed by atoms with E-state index in [-0.39, 0.29) is 12.3 Å². The van der Waals surface area contributed by atoms with E-state index >= 15 is 0 Å². The molecule has 1 atom stereocenters. The van der Waals surface area contributed by atoms with Crippen LogP contribution in [0.1, 0.15) is 35.3 Å². The molecule has 0 radical (unpaired) electrons. The number of hydrogen-bond acceptors (Lipinski definition) is 7. The number of rotatable bonds is 5. The number of nitrogens with zero attached hydrogens (tertiary/aromatic N) is 3. The van der Waals surface area contributed by atoms with Crippen molar-refractivity contribution in [1.82, 2.24) is 4.98 Å². The molecule has 2 aromatic carbocycles. The molecule has 3 heterocycles. The lowest BCUT2D eigenvalue weighted by atomic mass is 9.76. The summed E-state index contributed by atoms with van der Waals surface area (Å²) < 4.78 is 12.8. The van der Waals surface area contributed by atoms with E-state index in [1.54, 1.807) is 18.3 Å². The summed E-state index contributed by atoms with van der Waals surface area (Å²) >= 11 is 3.33. The number of halogens is 1. The Hall–Kier alpha value is -3.72. The van der Waals surface area contributed by atoms with Crippen LogP contribution in [0.4, 0.5) is 11.4 Å². The summed E-state index contributed by atoms with van der Waals surface area (Å²) in [7, 11) is 0. The summed E-state index contributed by atoms with van der Waals surface area (Å²) in [5, 5.41) is 11.2. The average molecular weight is 536 g/mol. The topological polar surface area (TPSA) is 94.8 Å². The lowest BCUT2D eigenvalue weighted by molar-refractivity contribution is -0.384. The second-order valence-corrected chi connectivity index (χ2v) is 9.75. The Morgan fingerprint density at radius 1 is 1.23 bits per heavy atom. The minimum Gasteiger partial charge on any atom is -0.463 e. The van der Waals surface area contributed by atoms with E-state index in [4.69, 9.17) is 9.47 Å². The van der Waals surface area contributed by atoms with Gasteiger partial charge in [-0.05, 0) is 65.7 Å². The zero-order valence-electron chi connectivity index (χ0n) is 19.1. The number of para-hydroxylation sites is 1. The number of aromatic nitrogens is 1. The van der Waals surface area contributed by atoms with Gasteiger partial charge in [0.2, 0.25) is 5.72 Å². The maximum Gasteiger partial charge on any atom is 0.339 e. The molecule has 0 N–H and O–H groups in total. The van der Waals surface area contributed by atoms with Crippen LogP contribution in [0.2, 0.25) is 0 Å². The normalized spacial score (nSPS) is 19.1. The van der Waals surface area contributed by atoms with E-state index in [1.165, 1.54) is 18.3 Å². The Kier molecular flexibility index (Phi) is 5.59. The van der Waals surface area contributed by atoms with Crippen LogP contribution >= 0.6 is 15.9 Å². The summed E-state index contributed by atoms with van der Waals surface area (Å²) in [5.74, 6) is 0.111. The van der Waals surface area contributed by atoms with Gasteiger partial charge in [-0.3, -0.25) is 15.1 Å². The highest BCUT2D eigenvalue weighted by molar-refractivity contribution is 9.10. The molecule has 1 spiro atoms. The van der Waals surface area contributed by atoms with Crippen molar-refractivity contribution in [2.24, 2.45) is 0 Å². The van der Waals surface area contributed by atoms with Crippen molar-refractivity contribution in [3.8, 4) is 5.75 Å². The Morgan fingerprint density at radius 3 is 2.80 bits per heavy atom. The number of non-ortho nitro benzene ring substituents is 1. The highest BCUT2D eigenvalue weighted by Crippen LogP contribution is 2.54. The van der Waals surface area contributed by atoms with Crippen LogP contribution in [0.3, 0.4) is 0 Å². The predicted molar refractivity (Wildman–Crippen MR) is 135 cm³/mol. The Bertz CT molecular complexity index is 1370. The van der Waals surface area contributed by atoms with Gasteiger partial charge in [-0.2, -0.15) is 0 Å². The first kappa shape index (κ1) is 23.0. The van der Waals surface area contributed by atoms with Gasteiger partial charge in [-0.1, -0.05) is 18.2 Å². The quantitative estimate of drug-likeness (QED) is 0.241. The van der Waals surface area contributed by atoms with Crippen molar-refractivity contribution in [2.75, 3.05) is 18.1 Å². The number of carbonyl (C=O) groups excluding carboxylic acids is 1. The molecule has 2 aliphatic heterocycles. The molecule has 0 fully saturated rings. The molecule has 0 aliphatic carbocycles. The number of fused-ring (bicyclic) bond motifs is 2. The third-order valence-electron chi connectivity index (χ3n) is 6.66. The Balaban J connectivity index is 1.47. The van der Waals surface area contributed by atoms with Gasteiger partial charge in [0, 0.05) is 35.8 Å². The van der Waals surface area contributed by atoms with Crippen molar-refractivity contribution in [3.05, 3.63) is 98.3 Å². The number of ether oxygens (including phenoxy) is 2. The van der Waals surface area contributed by atoms with Crippen LogP contribution in [0.15, 0.2) is 71.5 Å². The van der Waals surface area contributed by atoms with E-state index in [0.717, 1.165) is 11.3 Å². The molecule has 5 rings (SSSR count). The van der Waals surface area contributed by atoms with Gasteiger partial charge < -0.3 is 14.4 Å². The summed E-state index contributed by atoms with van der Waals surface area (Å²) in [6, 6.07) is 14.2. The standard InChI is InChI=1S/C26H22BrN3O5/c1-25(2)20-5-3-4-6-22(20)29(13-14-34-24(31)19-10-12-28-16-21(19)27)26(25)11-9-17-15-18(30(32)33)7-8-23(17)35-26/h3-12,15-16H,13-14H2,1-2H3. The minimum absolute atomic E-state index is 0.00737. The first-order valence-corrected chi connectivity index (χ1v) is 11.8. The minimum atomic E-state index is -0.913. The first-order chi connectivity index (χ1) is 16.7. The van der Waals surface area contributed by atoms with Gasteiger partial charge in [-0.25, -0.2) is 4.79 Å². The molecule has 0 saturated heterocycles. The number of pyridine rings is 1. The molecule has 1 unspecified atom stereocenters. The summed E-state index contributed by atoms with van der Waals surface area (Å²) in [4.78, 5) is 29.5. The number of benzene rings is 2. The van der Waals surface area contributed by atoms with E-state index in [9.17, 15) is 14.9 Å². The number of hydrogen-bond donors (Lipinski definition) is 0. The SMILES string of the molecule is CC1(C)c2ccccc2N(CCOC(=O)c2ccncc2Br)C12C=Cc1cc([N+](=O)[O-])ccc1O2. The highest BCUT2D eigenvalue weighted by Gasteiger charge is 2.58. The van der Waals surface area contributed by atoms with Gasteiger partial charge in [-0.15, -0.1) is 0 Å². The Morgan fingerprint density at radius 2 is 2.03 bits per heavy atom. The van der Waals surface area contributed by atoms with Crippen LogP contribution in [0.5, 0.6) is 5.75 Å². The molecule has 2 aliphatic rings. The van der Waals surface area contributed by atoms with Crippen LogP contribution in [0, 0.1) is 10.1 Å². The van der Waals surface area contributed by atoms with Gasteiger partial charge in [0.1, 0.15) is 12.4 Å². The summed E-state index contributed by atoms with van der Waals surface area (Å²) in [6.45, 7) is 4.71. The number of esters is 1. The number of carbonyl (C=O) groups is 1. The lowest BCUT2D eigenvalue weighted by Gasteiger charge is -2.47. The molecular weight excluding hydrogens is 514 g/mol. The van der Waals surface area contributed by atoms with Gasteiger partial charge in [0.15, 0.2) is 0 Å². The van der Waals surface area contributed by atoms with Gasteiger partial charge in [0.25, 0.3) is 5.69 Å². The second-order valence-electron chi connectivity index (χ2n) is 8.90. The van der Waals surface area contributed by atoms with Crippen molar-refractivity contribution in [2.45, 2.75) is 25.0 Å². The van der Waals surface area contributed by atoms with Crippen LogP contribution in [-0.2, 0) is 10.2 Å². The van der Waals surface area contributed by atoms with Crippen LogP contribution < -0.4 is 9.64 Å². The molecule has 0 saturated carbocycles. The molecular formula is C26H22BrN3O5. The number of nitro groups is 1. The van der Waals surface area contributed by atoms with E-state index in [2.05, 4.69) is 45.7 Å². The van der Waals surface area contributed by atoms with Gasteiger partial charge in [0.05, 0.1) is 26.9 Å². The molecule has 0 bridgehead atoms. The fourth-order valence-corrected chi connectivity index (χ4v) is 5.25. The number of nitro benzene ring substituents is 1. The van der Waals surface area contributed by atoms with Crippen LogP contribution in [-0.4, -0.2) is 34.8 Å². The van der Waals surface area contributed by atoms with Gasteiger partial charge >= 0.3 is 5.97 Å². The monoisotopic (exact) mass is 535 g/mol. The van der Waals surface area contributed by atoms with Crippen molar-refractivity contribution in [1.29, 1.82) is 0 Å². The van der Waals surface area contributed by atoms with Crippen molar-refractivity contribution >= 4 is 39.4 Å². The lowest BCUT2D eigenvalue weighted by Crippen LogP contribution is -2.60. The second kappa shape index (κ2) is 8.49. The molecule has 9 heteroatoms. The highest BCUT2D eigenvalue weighted by atomic mass is 79.9. The molecule has 35 heavy (non-hydrogen) atoms. The third kappa shape index (κ3) is 3.67. The summed E-state index contributed by atoms with van der Waals surface area (Å²) in [5.41, 5.74) is 1.74. The molecule has 0 amide bonds. The zero-order chi connectivity index (χ0) is 24.8. The van der Waals surface area contributed by atoms with E-state index in [0.29, 0.717) is 27.9 Å². The Labute approximate surface area is 210 Å². The maximum absolute atomic E-state index is 12.6. The average Bonchev–Trinajstić information content (AvgIpc) is 3.02. The first-order valence-electron chi connectivity index (χ1n) is 11.0. The smallest absolute Gasteiger partial charge is 0.339 e. The fourth-order valence-electron chi connectivity index (χ4n) is 4.84. The third-order valence-corrected chi connectivity index (χ3v) is 7.30. The predicted octanol–water partition coefficient (Wildman–Crippen LogP) is 5.51. The maximum atomic E-state index is 12.6. The zero-order valence-corrected chi connectivity index (χ0v) is 20.7. The van der Waals surface area contributed by atoms with E-state index in [1.807, 2.05) is 30.4 Å². The molecule has 1 aromatic heterocycles. The summed E-state index contributed by atoms with van der Waals surface area (Å²) in [6.07, 6.45) is 6.90. The molecule has 8 nitrogen and oxygen atoms in total. The van der Waals surface area contributed by atoms with E-state index < -0.39 is 22.0 Å². The largest absolute Gasteiger partial charge is 0.463 e. The van der Waals surface area contributed by atoms with Crippen LogP contribution in [0.25, 0.3) is 6.08 Å². The molecule has 3 aromatic rings. The van der Waals surface area contributed by atoms with Crippen molar-refractivity contribution < 1.29 is 19.2 Å². The number of anilines is 1.